The van der Waals surface area contributed by atoms with Gasteiger partial charge in [0.05, 0.1) is 7.11 Å². The monoisotopic (exact) mass is 472 g/mol. The number of ether oxygens (including phenoxy) is 4. The number of esters is 1. The third kappa shape index (κ3) is 8.65. The SMILES string of the molecule is COC(=O)[C@H](Cc1ccc(OCc2ccccc2)c(OC(=O)N(C)C)c1)NC(=O)OC(C)(C)C. The number of rotatable bonds is 8. The fraction of sp³-hybridized carbons (Fsp3) is 0.400. The number of hydrogen-bond donors (Lipinski definition) is 1. The number of nitrogens with zero attached hydrogens (tertiary/aromatic N) is 1. The van der Waals surface area contributed by atoms with E-state index in [-0.39, 0.29) is 18.8 Å². The van der Waals surface area contributed by atoms with Gasteiger partial charge in [0.15, 0.2) is 11.5 Å². The minimum atomic E-state index is -1.01. The lowest BCUT2D eigenvalue weighted by atomic mass is 10.1. The van der Waals surface area contributed by atoms with Crippen molar-refractivity contribution in [2.45, 2.75) is 45.4 Å². The Balaban J connectivity index is 2.25. The summed E-state index contributed by atoms with van der Waals surface area (Å²) in [5.41, 5.74) is 0.833. The van der Waals surface area contributed by atoms with Crippen molar-refractivity contribution in [3.63, 3.8) is 0 Å². The molecule has 184 valence electrons. The maximum atomic E-state index is 12.3. The van der Waals surface area contributed by atoms with E-state index < -0.39 is 29.8 Å². The minimum Gasteiger partial charge on any atom is -0.485 e. The van der Waals surface area contributed by atoms with Crippen molar-refractivity contribution in [3.8, 4) is 11.5 Å². The van der Waals surface area contributed by atoms with Gasteiger partial charge in [0.25, 0.3) is 0 Å². The third-order valence-electron chi connectivity index (χ3n) is 4.42. The number of alkyl carbamates (subject to hydrolysis) is 1. The van der Waals surface area contributed by atoms with Gasteiger partial charge in [-0.2, -0.15) is 0 Å². The van der Waals surface area contributed by atoms with Crippen molar-refractivity contribution in [2.75, 3.05) is 21.2 Å². The van der Waals surface area contributed by atoms with E-state index in [9.17, 15) is 14.4 Å². The predicted octanol–water partition coefficient (Wildman–Crippen LogP) is 3.93. The van der Waals surface area contributed by atoms with Crippen LogP contribution in [-0.2, 0) is 27.3 Å². The van der Waals surface area contributed by atoms with Crippen LogP contribution in [0.2, 0.25) is 0 Å². The number of benzene rings is 2. The molecule has 1 atom stereocenters. The first-order valence-electron chi connectivity index (χ1n) is 10.7. The zero-order chi connectivity index (χ0) is 25.3. The van der Waals surface area contributed by atoms with Gasteiger partial charge in [-0.3, -0.25) is 0 Å². The Hall–Kier alpha value is -3.75. The van der Waals surface area contributed by atoms with Gasteiger partial charge >= 0.3 is 18.2 Å². The van der Waals surface area contributed by atoms with E-state index in [4.69, 9.17) is 18.9 Å². The molecule has 0 radical (unpaired) electrons. The quantitative estimate of drug-likeness (QED) is 0.581. The van der Waals surface area contributed by atoms with E-state index in [1.807, 2.05) is 30.3 Å². The van der Waals surface area contributed by atoms with Crippen LogP contribution < -0.4 is 14.8 Å². The van der Waals surface area contributed by atoms with Crippen molar-refractivity contribution in [3.05, 3.63) is 59.7 Å². The summed E-state index contributed by atoms with van der Waals surface area (Å²) in [5, 5.41) is 2.53. The van der Waals surface area contributed by atoms with Crippen molar-refractivity contribution < 1.29 is 33.3 Å². The summed E-state index contributed by atoms with van der Waals surface area (Å²) in [5.74, 6) is -0.0902. The first kappa shape index (κ1) is 26.5. The average Bonchev–Trinajstić information content (AvgIpc) is 2.76. The number of hydrogen-bond acceptors (Lipinski definition) is 7. The second-order valence-corrected chi connectivity index (χ2v) is 8.74. The third-order valence-corrected chi connectivity index (χ3v) is 4.42. The standard InChI is InChI=1S/C25H32N2O7/c1-25(2,3)34-23(29)26-19(22(28)31-6)14-18-12-13-20(21(15-18)33-24(30)27(4)5)32-16-17-10-8-7-9-11-17/h7-13,15,19H,14,16H2,1-6H3,(H,26,29)/t19-/m0/s1. The lowest BCUT2D eigenvalue weighted by Gasteiger charge is -2.23. The number of nitrogens with one attached hydrogen (secondary N) is 1. The van der Waals surface area contributed by atoms with Crippen molar-refractivity contribution >= 4 is 18.2 Å². The molecule has 9 nitrogen and oxygen atoms in total. The van der Waals surface area contributed by atoms with E-state index >= 15 is 0 Å². The highest BCUT2D eigenvalue weighted by Gasteiger charge is 2.26. The maximum Gasteiger partial charge on any atom is 0.414 e. The number of amides is 2. The Kier molecular flexibility index (Phi) is 9.29. The molecule has 0 aliphatic heterocycles. The molecule has 0 unspecified atom stereocenters. The maximum absolute atomic E-state index is 12.3. The zero-order valence-electron chi connectivity index (χ0n) is 20.4. The lowest BCUT2D eigenvalue weighted by molar-refractivity contribution is -0.143. The Labute approximate surface area is 199 Å². The van der Waals surface area contributed by atoms with Crippen LogP contribution in [0.15, 0.2) is 48.5 Å². The van der Waals surface area contributed by atoms with Gasteiger partial charge in [-0.1, -0.05) is 36.4 Å². The summed E-state index contributed by atoms with van der Waals surface area (Å²) in [6.07, 6.45) is -1.25. The van der Waals surface area contributed by atoms with Crippen LogP contribution in [0.1, 0.15) is 31.9 Å². The van der Waals surface area contributed by atoms with Gasteiger partial charge in [0.2, 0.25) is 0 Å². The molecule has 2 rings (SSSR count). The summed E-state index contributed by atoms with van der Waals surface area (Å²) >= 11 is 0. The molecule has 0 spiro atoms. The lowest BCUT2D eigenvalue weighted by Crippen LogP contribution is -2.45. The summed E-state index contributed by atoms with van der Waals surface area (Å²) < 4.78 is 21.4. The van der Waals surface area contributed by atoms with Crippen LogP contribution in [0.25, 0.3) is 0 Å². The second kappa shape index (κ2) is 11.9. The van der Waals surface area contributed by atoms with Gasteiger partial charge in [0.1, 0.15) is 18.2 Å². The molecule has 0 aliphatic rings. The largest absolute Gasteiger partial charge is 0.485 e. The summed E-state index contributed by atoms with van der Waals surface area (Å²) in [6, 6.07) is 13.5. The van der Waals surface area contributed by atoms with E-state index in [2.05, 4.69) is 5.32 Å². The van der Waals surface area contributed by atoms with Crippen LogP contribution in [0.4, 0.5) is 9.59 Å². The van der Waals surface area contributed by atoms with Crippen molar-refractivity contribution in [1.29, 1.82) is 0 Å². The number of carbonyl (C=O) groups excluding carboxylic acids is 3. The predicted molar refractivity (Wildman–Crippen MR) is 126 cm³/mol. The Bertz CT molecular complexity index is 985. The Morgan fingerprint density at radius 1 is 0.971 bits per heavy atom. The van der Waals surface area contributed by atoms with Crippen LogP contribution >= 0.6 is 0 Å². The van der Waals surface area contributed by atoms with Crippen molar-refractivity contribution in [1.82, 2.24) is 10.2 Å². The molecule has 2 aromatic carbocycles. The van der Waals surface area contributed by atoms with Gasteiger partial charge in [-0.05, 0) is 44.0 Å². The summed E-state index contributed by atoms with van der Waals surface area (Å²) in [6.45, 7) is 5.44. The van der Waals surface area contributed by atoms with Crippen LogP contribution in [-0.4, -0.2) is 55.9 Å². The highest BCUT2D eigenvalue weighted by atomic mass is 16.6. The fourth-order valence-electron chi connectivity index (χ4n) is 2.82. The molecule has 0 saturated carbocycles. The van der Waals surface area contributed by atoms with Crippen LogP contribution in [0, 0.1) is 0 Å². The zero-order valence-corrected chi connectivity index (χ0v) is 20.4. The molecule has 0 aliphatic carbocycles. The minimum absolute atomic E-state index is 0.0808. The number of carbonyl (C=O) groups is 3. The van der Waals surface area contributed by atoms with E-state index in [0.29, 0.717) is 11.3 Å². The molecular weight excluding hydrogens is 440 g/mol. The number of methoxy groups -OCH3 is 1. The molecule has 0 heterocycles. The van der Waals surface area contributed by atoms with Gasteiger partial charge < -0.3 is 29.2 Å². The molecule has 1 N–H and O–H groups in total. The average molecular weight is 473 g/mol. The first-order valence-corrected chi connectivity index (χ1v) is 10.7. The molecule has 0 saturated heterocycles. The Morgan fingerprint density at radius 2 is 1.65 bits per heavy atom. The molecule has 2 aromatic rings. The van der Waals surface area contributed by atoms with E-state index in [0.717, 1.165) is 5.56 Å². The van der Waals surface area contributed by atoms with E-state index in [1.54, 1.807) is 53.1 Å². The molecule has 34 heavy (non-hydrogen) atoms. The fourth-order valence-corrected chi connectivity index (χ4v) is 2.82. The van der Waals surface area contributed by atoms with Crippen molar-refractivity contribution in [2.24, 2.45) is 0 Å². The highest BCUT2D eigenvalue weighted by molar-refractivity contribution is 5.81. The van der Waals surface area contributed by atoms with Gasteiger partial charge in [0, 0.05) is 20.5 Å². The topological polar surface area (TPSA) is 103 Å². The molecule has 2 amide bonds. The molecule has 0 bridgehead atoms. The first-order chi connectivity index (χ1) is 16.0. The van der Waals surface area contributed by atoms with Gasteiger partial charge in [-0.15, -0.1) is 0 Å². The normalized spacial score (nSPS) is 11.7. The highest BCUT2D eigenvalue weighted by Crippen LogP contribution is 2.30. The summed E-state index contributed by atoms with van der Waals surface area (Å²) in [4.78, 5) is 38.0. The molecular formula is C25H32N2O7. The van der Waals surface area contributed by atoms with E-state index in [1.165, 1.54) is 12.0 Å². The molecule has 0 aromatic heterocycles. The van der Waals surface area contributed by atoms with Crippen LogP contribution in [0.5, 0.6) is 11.5 Å². The molecule has 0 fully saturated rings. The molecule has 9 heteroatoms. The summed E-state index contributed by atoms with van der Waals surface area (Å²) in [7, 11) is 4.36. The second-order valence-electron chi connectivity index (χ2n) is 8.74. The van der Waals surface area contributed by atoms with Gasteiger partial charge in [-0.25, -0.2) is 14.4 Å². The Morgan fingerprint density at radius 3 is 2.24 bits per heavy atom. The smallest absolute Gasteiger partial charge is 0.414 e. The van der Waals surface area contributed by atoms with Crippen LogP contribution in [0.3, 0.4) is 0 Å².